The first-order valence-electron chi connectivity index (χ1n) is 9.71. The molecule has 1 aliphatic rings. The third-order valence-electron chi connectivity index (χ3n) is 4.73. The topological polar surface area (TPSA) is 84.0 Å². The Morgan fingerprint density at radius 1 is 1.14 bits per heavy atom. The number of allylic oxidation sites excluding steroid dienone is 1. The zero-order chi connectivity index (χ0) is 19.9. The monoisotopic (exact) mass is 378 g/mol. The normalized spacial score (nSPS) is 13.6. The van der Waals surface area contributed by atoms with Crippen molar-refractivity contribution >= 4 is 23.3 Å². The minimum Gasteiger partial charge on any atom is -0.354 e. The van der Waals surface area contributed by atoms with Gasteiger partial charge in [-0.1, -0.05) is 23.8 Å². The summed E-state index contributed by atoms with van der Waals surface area (Å²) in [6, 6.07) is 8.51. The first-order valence-corrected chi connectivity index (χ1v) is 9.71. The smallest absolute Gasteiger partial charge is 0.274 e. The predicted molar refractivity (Wildman–Crippen MR) is 111 cm³/mol. The van der Waals surface area contributed by atoms with E-state index in [2.05, 4.69) is 26.7 Å². The number of carbonyl (C=O) groups is 2. The standard InChI is InChI=1S/C22H26N4O2/c1-15-13-20(21(28)25-19-10-6-9-18(14-19)16(2)27)26-22(24-15)23-12-11-17-7-4-3-5-8-17/h6-7,9-10,13-14H,3-5,8,11-12H2,1-2H3,(H,25,28)(H,23,24,26). The van der Waals surface area contributed by atoms with Gasteiger partial charge in [0.05, 0.1) is 0 Å². The quantitative estimate of drug-likeness (QED) is 0.546. The van der Waals surface area contributed by atoms with E-state index in [1.165, 1.54) is 38.2 Å². The van der Waals surface area contributed by atoms with Crippen LogP contribution in [0.1, 0.15) is 65.6 Å². The van der Waals surface area contributed by atoms with Crippen molar-refractivity contribution in [3.63, 3.8) is 0 Å². The molecule has 6 heteroatoms. The summed E-state index contributed by atoms with van der Waals surface area (Å²) in [5, 5.41) is 6.03. The Morgan fingerprint density at radius 3 is 2.75 bits per heavy atom. The summed E-state index contributed by atoms with van der Waals surface area (Å²) in [4.78, 5) is 32.8. The lowest BCUT2D eigenvalue weighted by Crippen LogP contribution is -2.17. The molecule has 0 atom stereocenters. The Balaban J connectivity index is 1.64. The third kappa shape index (κ3) is 5.49. The van der Waals surface area contributed by atoms with Gasteiger partial charge in [0.2, 0.25) is 5.95 Å². The number of nitrogens with one attached hydrogen (secondary N) is 2. The van der Waals surface area contributed by atoms with Crippen molar-refractivity contribution in [2.24, 2.45) is 0 Å². The van der Waals surface area contributed by atoms with Crippen LogP contribution >= 0.6 is 0 Å². The van der Waals surface area contributed by atoms with Gasteiger partial charge >= 0.3 is 0 Å². The van der Waals surface area contributed by atoms with E-state index >= 15 is 0 Å². The molecule has 0 bridgehead atoms. The number of amides is 1. The number of hydrogen-bond donors (Lipinski definition) is 2. The predicted octanol–water partition coefficient (Wildman–Crippen LogP) is 4.54. The minimum absolute atomic E-state index is 0.0476. The molecule has 2 N–H and O–H groups in total. The van der Waals surface area contributed by atoms with Gasteiger partial charge in [0.25, 0.3) is 5.91 Å². The van der Waals surface area contributed by atoms with Gasteiger partial charge < -0.3 is 10.6 Å². The van der Waals surface area contributed by atoms with Crippen LogP contribution in [0.4, 0.5) is 11.6 Å². The first kappa shape index (κ1) is 19.7. The number of aryl methyl sites for hydroxylation is 1. The molecule has 0 saturated carbocycles. The zero-order valence-electron chi connectivity index (χ0n) is 16.4. The number of hydrogen-bond acceptors (Lipinski definition) is 5. The number of ketones is 1. The molecule has 0 saturated heterocycles. The van der Waals surface area contributed by atoms with E-state index in [0.717, 1.165) is 18.7 Å². The fourth-order valence-corrected chi connectivity index (χ4v) is 3.24. The van der Waals surface area contributed by atoms with E-state index in [9.17, 15) is 9.59 Å². The van der Waals surface area contributed by atoms with Gasteiger partial charge in [0.1, 0.15) is 5.69 Å². The van der Waals surface area contributed by atoms with Gasteiger partial charge in [-0.2, -0.15) is 0 Å². The molecule has 0 radical (unpaired) electrons. The van der Waals surface area contributed by atoms with Crippen molar-refractivity contribution in [3.05, 3.63) is 58.9 Å². The maximum atomic E-state index is 12.6. The lowest BCUT2D eigenvalue weighted by molar-refractivity contribution is 0.100. The average Bonchev–Trinajstić information content (AvgIpc) is 2.68. The average molecular weight is 378 g/mol. The molecule has 0 aliphatic heterocycles. The highest BCUT2D eigenvalue weighted by Gasteiger charge is 2.12. The molecule has 146 valence electrons. The number of carbonyl (C=O) groups excluding carboxylic acids is 2. The summed E-state index contributed by atoms with van der Waals surface area (Å²) in [5.41, 5.74) is 3.61. The number of aromatic nitrogens is 2. The van der Waals surface area contributed by atoms with Crippen LogP contribution in [0.3, 0.4) is 0 Å². The Morgan fingerprint density at radius 2 is 2.00 bits per heavy atom. The highest BCUT2D eigenvalue weighted by molar-refractivity contribution is 6.04. The van der Waals surface area contributed by atoms with Crippen LogP contribution in [0.5, 0.6) is 0 Å². The summed E-state index contributed by atoms with van der Waals surface area (Å²) >= 11 is 0. The summed E-state index contributed by atoms with van der Waals surface area (Å²) < 4.78 is 0. The van der Waals surface area contributed by atoms with Gasteiger partial charge in [-0.3, -0.25) is 9.59 Å². The van der Waals surface area contributed by atoms with Crippen molar-refractivity contribution in [2.45, 2.75) is 46.0 Å². The highest BCUT2D eigenvalue weighted by atomic mass is 16.2. The molecule has 2 aromatic rings. The molecule has 0 unspecified atom stereocenters. The number of benzene rings is 1. The maximum Gasteiger partial charge on any atom is 0.274 e. The van der Waals surface area contributed by atoms with Crippen LogP contribution in [0.2, 0.25) is 0 Å². The van der Waals surface area contributed by atoms with E-state index < -0.39 is 0 Å². The maximum absolute atomic E-state index is 12.6. The summed E-state index contributed by atoms with van der Waals surface area (Å²) in [5.74, 6) is 0.0804. The van der Waals surface area contributed by atoms with Gasteiger partial charge in [0.15, 0.2) is 5.78 Å². The number of Topliss-reactive ketones (excluding diaryl/α,β-unsaturated/α-hetero) is 1. The molecule has 6 nitrogen and oxygen atoms in total. The summed E-state index contributed by atoms with van der Waals surface area (Å²) in [7, 11) is 0. The Hall–Kier alpha value is -3.02. The van der Waals surface area contributed by atoms with Crippen molar-refractivity contribution < 1.29 is 9.59 Å². The van der Waals surface area contributed by atoms with Crippen molar-refractivity contribution in [1.29, 1.82) is 0 Å². The Bertz CT molecular complexity index is 905. The lowest BCUT2D eigenvalue weighted by Gasteiger charge is -2.13. The molecule has 0 spiro atoms. The van der Waals surface area contributed by atoms with Crippen LogP contribution in [-0.2, 0) is 0 Å². The molecule has 1 aliphatic carbocycles. The Labute approximate surface area is 165 Å². The molecular formula is C22H26N4O2. The lowest BCUT2D eigenvalue weighted by atomic mass is 9.97. The first-order chi connectivity index (χ1) is 13.5. The van der Waals surface area contributed by atoms with Gasteiger partial charge in [-0.05, 0) is 64.2 Å². The van der Waals surface area contributed by atoms with Gasteiger partial charge in [-0.15, -0.1) is 0 Å². The van der Waals surface area contributed by atoms with Gasteiger partial charge in [0, 0.05) is 23.5 Å². The van der Waals surface area contributed by atoms with E-state index in [1.54, 1.807) is 30.3 Å². The zero-order valence-corrected chi connectivity index (χ0v) is 16.4. The van der Waals surface area contributed by atoms with E-state index in [-0.39, 0.29) is 11.7 Å². The summed E-state index contributed by atoms with van der Waals surface area (Å²) in [6.07, 6.45) is 8.19. The Kier molecular flexibility index (Phi) is 6.53. The molecular weight excluding hydrogens is 352 g/mol. The highest BCUT2D eigenvalue weighted by Crippen LogP contribution is 2.20. The SMILES string of the molecule is CC(=O)c1cccc(NC(=O)c2cc(C)nc(NCCC3=CCCCC3)n2)c1. The summed E-state index contributed by atoms with van der Waals surface area (Å²) in [6.45, 7) is 4.08. The van der Waals surface area contributed by atoms with E-state index in [0.29, 0.717) is 22.9 Å². The largest absolute Gasteiger partial charge is 0.354 e. The molecule has 1 aromatic heterocycles. The molecule has 0 fully saturated rings. The number of nitrogens with zero attached hydrogens (tertiary/aromatic N) is 2. The second kappa shape index (κ2) is 9.26. The van der Waals surface area contributed by atoms with Crippen LogP contribution in [0.25, 0.3) is 0 Å². The van der Waals surface area contributed by atoms with E-state index in [4.69, 9.17) is 0 Å². The van der Waals surface area contributed by atoms with Crippen LogP contribution < -0.4 is 10.6 Å². The number of rotatable bonds is 7. The second-order valence-corrected chi connectivity index (χ2v) is 7.09. The minimum atomic E-state index is -0.329. The van der Waals surface area contributed by atoms with Crippen molar-refractivity contribution in [1.82, 2.24) is 9.97 Å². The second-order valence-electron chi connectivity index (χ2n) is 7.09. The molecule has 1 aromatic carbocycles. The fraction of sp³-hybridized carbons (Fsp3) is 0.364. The van der Waals surface area contributed by atoms with E-state index in [1.807, 2.05) is 6.92 Å². The molecule has 28 heavy (non-hydrogen) atoms. The molecule has 3 rings (SSSR count). The van der Waals surface area contributed by atoms with Crippen molar-refractivity contribution in [3.8, 4) is 0 Å². The van der Waals surface area contributed by atoms with Gasteiger partial charge in [-0.25, -0.2) is 9.97 Å². The van der Waals surface area contributed by atoms with Crippen LogP contribution in [0.15, 0.2) is 42.0 Å². The molecule has 1 heterocycles. The number of anilines is 2. The van der Waals surface area contributed by atoms with Crippen LogP contribution in [0, 0.1) is 6.92 Å². The molecule has 1 amide bonds. The third-order valence-corrected chi connectivity index (χ3v) is 4.73. The van der Waals surface area contributed by atoms with Crippen molar-refractivity contribution in [2.75, 3.05) is 17.2 Å². The fourth-order valence-electron chi connectivity index (χ4n) is 3.24. The van der Waals surface area contributed by atoms with Crippen LogP contribution in [-0.4, -0.2) is 28.2 Å².